The van der Waals surface area contributed by atoms with Gasteiger partial charge in [-0.2, -0.15) is 0 Å². The van der Waals surface area contributed by atoms with E-state index >= 15 is 0 Å². The number of nitrogens with one attached hydrogen (secondary N) is 1. The number of rotatable bonds is 7. The van der Waals surface area contributed by atoms with Gasteiger partial charge in [-0.05, 0) is 41.8 Å². The zero-order chi connectivity index (χ0) is 20.8. The summed E-state index contributed by atoms with van der Waals surface area (Å²) in [5, 5.41) is 2.74. The van der Waals surface area contributed by atoms with Crippen molar-refractivity contribution in [1.82, 2.24) is 9.88 Å². The molecular formula is C22H20F2N2O3. The predicted molar refractivity (Wildman–Crippen MR) is 105 cm³/mol. The minimum Gasteiger partial charge on any atom is -0.483 e. The molecule has 7 heteroatoms. The normalized spacial score (nSPS) is 10.6. The lowest BCUT2D eigenvalue weighted by molar-refractivity contribution is 0.0945. The molecule has 0 fully saturated rings. The number of aryl methyl sites for hydroxylation is 1. The third-order valence-corrected chi connectivity index (χ3v) is 4.35. The van der Waals surface area contributed by atoms with E-state index in [1.165, 1.54) is 41.1 Å². The summed E-state index contributed by atoms with van der Waals surface area (Å²) in [6, 6.07) is 13.0. The number of hydrogen-bond donors (Lipinski definition) is 1. The number of hydrogen-bond acceptors (Lipinski definition) is 3. The van der Waals surface area contributed by atoms with Crippen LogP contribution in [-0.4, -0.2) is 17.0 Å². The first-order valence-corrected chi connectivity index (χ1v) is 9.03. The first-order valence-electron chi connectivity index (χ1n) is 9.03. The summed E-state index contributed by atoms with van der Waals surface area (Å²) < 4.78 is 32.9. The van der Waals surface area contributed by atoms with Gasteiger partial charge in [0.05, 0.1) is 6.20 Å². The van der Waals surface area contributed by atoms with Gasteiger partial charge in [-0.3, -0.25) is 9.59 Å². The lowest BCUT2D eigenvalue weighted by atomic mass is 10.1. The molecule has 0 aliphatic rings. The monoisotopic (exact) mass is 398 g/mol. The molecule has 0 spiro atoms. The van der Waals surface area contributed by atoms with Gasteiger partial charge < -0.3 is 14.6 Å². The van der Waals surface area contributed by atoms with Gasteiger partial charge in [0.1, 0.15) is 23.9 Å². The van der Waals surface area contributed by atoms with Crippen LogP contribution in [0.4, 0.5) is 8.78 Å². The van der Waals surface area contributed by atoms with Crippen LogP contribution < -0.4 is 15.5 Å². The fraction of sp³-hybridized carbons (Fsp3) is 0.182. The Morgan fingerprint density at radius 2 is 1.59 bits per heavy atom. The Morgan fingerprint density at radius 1 is 1.00 bits per heavy atom. The van der Waals surface area contributed by atoms with Crippen molar-refractivity contribution in [2.24, 2.45) is 7.05 Å². The topological polar surface area (TPSA) is 60.3 Å². The highest BCUT2D eigenvalue weighted by molar-refractivity contribution is 5.92. The molecule has 0 aliphatic heterocycles. The summed E-state index contributed by atoms with van der Waals surface area (Å²) in [6.07, 6.45) is 1.99. The number of aromatic nitrogens is 1. The maximum Gasteiger partial charge on any atom is 0.268 e. The molecule has 0 saturated heterocycles. The lowest BCUT2D eigenvalue weighted by Gasteiger charge is -2.12. The van der Waals surface area contributed by atoms with Crippen LogP contribution in [0.15, 0.2) is 65.6 Å². The Kier molecular flexibility index (Phi) is 6.39. The Hall–Kier alpha value is -3.48. The largest absolute Gasteiger partial charge is 0.483 e. The van der Waals surface area contributed by atoms with E-state index in [0.29, 0.717) is 13.0 Å². The molecule has 2 aromatic carbocycles. The molecule has 0 aliphatic carbocycles. The fourth-order valence-corrected chi connectivity index (χ4v) is 2.74. The van der Waals surface area contributed by atoms with Crippen LogP contribution in [0.5, 0.6) is 5.75 Å². The van der Waals surface area contributed by atoms with E-state index in [4.69, 9.17) is 4.74 Å². The SMILES string of the molecule is Cn1cc(OCc2ccc(F)cc2)c(=O)cc1C(=O)NCCc1ccc(F)cc1. The Morgan fingerprint density at radius 3 is 2.21 bits per heavy atom. The zero-order valence-corrected chi connectivity index (χ0v) is 15.8. The zero-order valence-electron chi connectivity index (χ0n) is 15.8. The van der Waals surface area contributed by atoms with E-state index in [-0.39, 0.29) is 29.7 Å². The average molecular weight is 398 g/mol. The number of ether oxygens (including phenoxy) is 1. The van der Waals surface area contributed by atoms with Crippen LogP contribution in [0.25, 0.3) is 0 Å². The van der Waals surface area contributed by atoms with E-state index in [1.807, 2.05) is 0 Å². The van der Waals surface area contributed by atoms with Crippen LogP contribution in [0, 0.1) is 11.6 Å². The first-order chi connectivity index (χ1) is 13.9. The van der Waals surface area contributed by atoms with Crippen LogP contribution in [0.1, 0.15) is 21.6 Å². The minimum absolute atomic E-state index is 0.0969. The number of nitrogens with zero attached hydrogens (tertiary/aromatic N) is 1. The number of benzene rings is 2. The smallest absolute Gasteiger partial charge is 0.268 e. The van der Waals surface area contributed by atoms with E-state index in [1.54, 1.807) is 31.3 Å². The van der Waals surface area contributed by atoms with E-state index in [9.17, 15) is 18.4 Å². The molecule has 5 nitrogen and oxygen atoms in total. The molecular weight excluding hydrogens is 378 g/mol. The number of carbonyl (C=O) groups is 1. The standard InChI is InChI=1S/C22H20F2N2O3/c1-26-13-21(29-14-16-4-8-18(24)9-5-16)20(27)12-19(26)22(28)25-11-10-15-2-6-17(23)7-3-15/h2-9,12-13H,10-11,14H2,1H3,(H,25,28). The lowest BCUT2D eigenvalue weighted by Crippen LogP contribution is -2.29. The molecule has 0 radical (unpaired) electrons. The third-order valence-electron chi connectivity index (χ3n) is 4.35. The molecule has 3 rings (SSSR count). The molecule has 150 valence electrons. The molecule has 0 bridgehead atoms. The second-order valence-corrected chi connectivity index (χ2v) is 6.55. The predicted octanol–water partition coefficient (Wildman–Crippen LogP) is 3.22. The van der Waals surface area contributed by atoms with Crippen molar-refractivity contribution in [3.8, 4) is 5.75 Å². The van der Waals surface area contributed by atoms with Crippen molar-refractivity contribution in [3.63, 3.8) is 0 Å². The van der Waals surface area contributed by atoms with Gasteiger partial charge >= 0.3 is 0 Å². The van der Waals surface area contributed by atoms with Gasteiger partial charge in [-0.15, -0.1) is 0 Å². The molecule has 1 amide bonds. The summed E-state index contributed by atoms with van der Waals surface area (Å²) in [6.45, 7) is 0.459. The van der Waals surface area contributed by atoms with Crippen molar-refractivity contribution in [2.75, 3.05) is 6.54 Å². The van der Waals surface area contributed by atoms with Crippen molar-refractivity contribution < 1.29 is 18.3 Å². The van der Waals surface area contributed by atoms with E-state index < -0.39 is 11.3 Å². The van der Waals surface area contributed by atoms with E-state index in [0.717, 1.165) is 11.1 Å². The summed E-state index contributed by atoms with van der Waals surface area (Å²) in [5.41, 5.74) is 1.39. The minimum atomic E-state index is -0.422. The van der Waals surface area contributed by atoms with Gasteiger partial charge in [0.2, 0.25) is 5.43 Å². The Labute approximate surface area is 166 Å². The highest BCUT2D eigenvalue weighted by atomic mass is 19.1. The summed E-state index contributed by atoms with van der Waals surface area (Å²) in [7, 11) is 1.64. The summed E-state index contributed by atoms with van der Waals surface area (Å²) >= 11 is 0. The second-order valence-electron chi connectivity index (χ2n) is 6.55. The van der Waals surface area contributed by atoms with Gasteiger partial charge in [-0.25, -0.2) is 8.78 Å². The van der Waals surface area contributed by atoms with Crippen LogP contribution >= 0.6 is 0 Å². The molecule has 1 N–H and O–H groups in total. The maximum atomic E-state index is 12.9. The van der Waals surface area contributed by atoms with Crippen LogP contribution in [-0.2, 0) is 20.1 Å². The van der Waals surface area contributed by atoms with Gasteiger partial charge in [0, 0.05) is 19.7 Å². The van der Waals surface area contributed by atoms with Crippen LogP contribution in [0.3, 0.4) is 0 Å². The fourth-order valence-electron chi connectivity index (χ4n) is 2.74. The quantitative estimate of drug-likeness (QED) is 0.665. The molecule has 0 saturated carbocycles. The Balaban J connectivity index is 1.60. The van der Waals surface area contributed by atoms with Crippen molar-refractivity contribution in [3.05, 3.63) is 99.5 Å². The highest BCUT2D eigenvalue weighted by Gasteiger charge is 2.12. The first kappa shape index (κ1) is 20.3. The average Bonchev–Trinajstić information content (AvgIpc) is 2.71. The number of carbonyl (C=O) groups excluding carboxylic acids is 1. The Bertz CT molecular complexity index is 1050. The second kappa shape index (κ2) is 9.14. The van der Waals surface area contributed by atoms with E-state index in [2.05, 4.69) is 5.32 Å². The summed E-state index contributed by atoms with van der Waals surface area (Å²) in [5.74, 6) is -0.953. The van der Waals surface area contributed by atoms with Crippen molar-refractivity contribution in [1.29, 1.82) is 0 Å². The molecule has 0 atom stereocenters. The van der Waals surface area contributed by atoms with Crippen molar-refractivity contribution in [2.45, 2.75) is 13.0 Å². The third kappa shape index (κ3) is 5.51. The molecule has 29 heavy (non-hydrogen) atoms. The molecule has 0 unspecified atom stereocenters. The summed E-state index contributed by atoms with van der Waals surface area (Å²) in [4.78, 5) is 24.7. The number of amides is 1. The number of halogens is 2. The number of pyridine rings is 1. The molecule has 1 aromatic heterocycles. The van der Waals surface area contributed by atoms with Crippen LogP contribution in [0.2, 0.25) is 0 Å². The van der Waals surface area contributed by atoms with Crippen molar-refractivity contribution >= 4 is 5.91 Å². The van der Waals surface area contributed by atoms with Gasteiger partial charge in [-0.1, -0.05) is 24.3 Å². The maximum absolute atomic E-state index is 12.9. The molecule has 3 aromatic rings. The van der Waals surface area contributed by atoms with Gasteiger partial charge in [0.15, 0.2) is 5.75 Å². The molecule has 1 heterocycles. The van der Waals surface area contributed by atoms with Gasteiger partial charge in [0.25, 0.3) is 5.91 Å². The highest BCUT2D eigenvalue weighted by Crippen LogP contribution is 2.10.